The molecule has 10 aromatic rings. The summed E-state index contributed by atoms with van der Waals surface area (Å²) >= 11 is 0. The van der Waals surface area contributed by atoms with Crippen LogP contribution < -0.4 is 4.90 Å². The Kier molecular flexibility index (Phi) is 2.77. The summed E-state index contributed by atoms with van der Waals surface area (Å²) in [4.78, 5) is 0.312. The smallest absolute Gasteiger partial charge is 0.143 e. The van der Waals surface area contributed by atoms with Gasteiger partial charge in [-0.15, -0.1) is 0 Å². The van der Waals surface area contributed by atoms with Crippen molar-refractivity contribution in [1.29, 1.82) is 0 Å². The molecular formula is C50H33NO. The minimum Gasteiger partial charge on any atom is -0.455 e. The van der Waals surface area contributed by atoms with Gasteiger partial charge in [0, 0.05) is 39.3 Å². The second-order valence-electron chi connectivity index (χ2n) is 10.8. The molecule has 0 aliphatic rings. The van der Waals surface area contributed by atoms with Gasteiger partial charge >= 0.3 is 0 Å². The fourth-order valence-corrected chi connectivity index (χ4v) is 5.43. The van der Waals surface area contributed by atoms with Crippen LogP contribution in [0.5, 0.6) is 0 Å². The molecule has 0 N–H and O–H groups in total. The van der Waals surface area contributed by atoms with E-state index in [0.717, 1.165) is 0 Å². The molecule has 9 aromatic carbocycles. The quantitative estimate of drug-likeness (QED) is 0.172. The van der Waals surface area contributed by atoms with E-state index in [-0.39, 0.29) is 0 Å². The average molecular weight is 697 g/mol. The number of rotatable bonds is 6. The zero-order valence-electron chi connectivity index (χ0n) is 58.9. The Morgan fingerprint density at radius 3 is 1.60 bits per heavy atom. The summed E-state index contributed by atoms with van der Waals surface area (Å²) in [5, 5.41) is -3.90. The van der Waals surface area contributed by atoms with Gasteiger partial charge in [0.25, 0.3) is 0 Å². The zero-order chi connectivity index (χ0) is 63.2. The number of benzene rings is 9. The summed E-state index contributed by atoms with van der Waals surface area (Å²) in [5.74, 6) is 0. The molecule has 2 nitrogen and oxygen atoms in total. The Bertz CT molecular complexity index is 4700. The topological polar surface area (TPSA) is 16.4 Å². The predicted molar refractivity (Wildman–Crippen MR) is 220 cm³/mol. The zero-order valence-corrected chi connectivity index (χ0v) is 25.9. The van der Waals surface area contributed by atoms with E-state index < -0.39 is 293 Å². The molecule has 0 spiro atoms. The Morgan fingerprint density at radius 2 is 0.885 bits per heavy atom. The summed E-state index contributed by atoms with van der Waals surface area (Å²) in [6, 6.07) is -34.0. The first kappa shape index (κ1) is 11.6. The second-order valence-corrected chi connectivity index (χ2v) is 10.8. The molecule has 0 atom stereocenters. The number of anilines is 3. The third-order valence-electron chi connectivity index (χ3n) is 7.76. The maximum atomic E-state index is 9.90. The van der Waals surface area contributed by atoms with Gasteiger partial charge in [0.2, 0.25) is 0 Å². The van der Waals surface area contributed by atoms with Crippen molar-refractivity contribution in [1.82, 2.24) is 0 Å². The minimum atomic E-state index is -1.31. The lowest BCUT2D eigenvalue weighted by Gasteiger charge is -2.26. The maximum absolute atomic E-state index is 9.90. The van der Waals surface area contributed by atoms with Crippen LogP contribution in [0.3, 0.4) is 0 Å². The molecule has 2 heteroatoms. The predicted octanol–water partition coefficient (Wildman–Crippen LogP) is 14.4. The molecule has 0 fully saturated rings. The standard InChI is InChI=1S/C50H33NO/c1-3-11-34(12-4-1)36-21-25-41(26-22-36)51(42-27-23-37(24-28-42)40-20-19-35-13-7-8-16-39(35)31-40)43-29-30-45-48-33-47(38-14-5-2-6-15-38)44-17-9-10-18-46(44)50(48)52-49(45)32-43/h1-33H/i1D,2D,3D,4D,5D,6D,7D,8D,9D,10D,11D,12D,13D,14D,15D,16D,17D,18D,19D,20D,21D,22D,23D,24D,25D,26D,27D,28D,29D,30D,31D,32D,33D. The van der Waals surface area contributed by atoms with Crippen LogP contribution in [0.1, 0.15) is 45.2 Å². The van der Waals surface area contributed by atoms with Gasteiger partial charge in [-0.3, -0.25) is 0 Å². The van der Waals surface area contributed by atoms with Crippen molar-refractivity contribution in [2.75, 3.05) is 4.90 Å². The van der Waals surface area contributed by atoms with E-state index in [2.05, 4.69) is 0 Å². The van der Waals surface area contributed by atoms with E-state index in [1.807, 2.05) is 0 Å². The van der Waals surface area contributed by atoms with Gasteiger partial charge in [-0.1, -0.05) is 145 Å². The van der Waals surface area contributed by atoms with Crippen LogP contribution in [0.2, 0.25) is 0 Å². The van der Waals surface area contributed by atoms with E-state index in [1.165, 1.54) is 0 Å². The average Bonchev–Trinajstić information content (AvgIpc) is 1.84. The minimum absolute atomic E-state index is 0.312. The highest BCUT2D eigenvalue weighted by Crippen LogP contribution is 2.43. The van der Waals surface area contributed by atoms with Crippen molar-refractivity contribution in [2.24, 2.45) is 0 Å². The van der Waals surface area contributed by atoms with Crippen LogP contribution in [-0.4, -0.2) is 0 Å². The van der Waals surface area contributed by atoms with E-state index in [0.29, 0.717) is 4.90 Å². The van der Waals surface area contributed by atoms with Gasteiger partial charge in [0.15, 0.2) is 0 Å². The lowest BCUT2D eigenvalue weighted by molar-refractivity contribution is 0.673. The Balaban J connectivity index is 1.40. The molecule has 0 bridgehead atoms. The second kappa shape index (κ2) is 12.5. The number of hydrogen-bond acceptors (Lipinski definition) is 2. The molecule has 244 valence electrons. The van der Waals surface area contributed by atoms with Gasteiger partial charge in [-0.05, 0) is 97.9 Å². The SMILES string of the molecule is [2H]c1c([2H])c([2H])c(-c2c([2H])c([2H])c(N(c3c([2H])c([2H])c(-c4c([2H])c([2H])c5c([2H])c([2H])c([2H])c([2H])c5c4[2H])c([2H])c3[2H])c3c([2H])c([2H])c4c(oc5c6c([2H])c([2H])c([2H])c([2H])c6c(-c6c([2H])c([2H])c([2H])c([2H])c6[2H])c([2H])c54)c3[2H])c([2H])c2[2H])c([2H])c1[2H]. The van der Waals surface area contributed by atoms with E-state index in [9.17, 15) is 16.4 Å². The molecule has 0 saturated carbocycles. The summed E-state index contributed by atoms with van der Waals surface area (Å²) in [6.45, 7) is 0. The third kappa shape index (κ3) is 5.21. The van der Waals surface area contributed by atoms with Crippen molar-refractivity contribution in [2.45, 2.75) is 0 Å². The molecule has 0 aliphatic carbocycles. The van der Waals surface area contributed by atoms with Crippen LogP contribution in [0, 0.1) is 0 Å². The molecule has 0 aliphatic heterocycles. The third-order valence-corrected chi connectivity index (χ3v) is 7.76. The highest BCUT2D eigenvalue weighted by atomic mass is 16.3. The van der Waals surface area contributed by atoms with E-state index >= 15 is 0 Å². The van der Waals surface area contributed by atoms with Gasteiger partial charge in [-0.2, -0.15) is 0 Å². The Morgan fingerprint density at radius 1 is 0.346 bits per heavy atom. The fraction of sp³-hybridized carbons (Fsp3) is 0. The molecular weight excluding hydrogens is 631 g/mol. The summed E-state index contributed by atoms with van der Waals surface area (Å²) in [6.07, 6.45) is 0. The highest BCUT2D eigenvalue weighted by molar-refractivity contribution is 6.19. The first-order valence-corrected chi connectivity index (χ1v) is 15.1. The molecule has 0 unspecified atom stereocenters. The van der Waals surface area contributed by atoms with Gasteiger partial charge in [-0.25, -0.2) is 0 Å². The van der Waals surface area contributed by atoms with Gasteiger partial charge in [0.05, 0.1) is 45.2 Å². The van der Waals surface area contributed by atoms with Crippen LogP contribution >= 0.6 is 0 Å². The lowest BCUT2D eigenvalue weighted by atomic mass is 9.95. The molecule has 52 heavy (non-hydrogen) atoms. The van der Waals surface area contributed by atoms with Gasteiger partial charge in [0.1, 0.15) is 11.2 Å². The highest BCUT2D eigenvalue weighted by Gasteiger charge is 2.18. The normalized spacial score (nSPS) is 20.3. The van der Waals surface area contributed by atoms with Crippen LogP contribution in [0.15, 0.2) is 204 Å². The molecule has 1 aromatic heterocycles. The summed E-state index contributed by atoms with van der Waals surface area (Å²) in [5.41, 5.74) is -10.2. The van der Waals surface area contributed by atoms with Crippen molar-refractivity contribution >= 4 is 60.5 Å². The fourth-order valence-electron chi connectivity index (χ4n) is 5.43. The summed E-state index contributed by atoms with van der Waals surface area (Å²) < 4.78 is 302. The van der Waals surface area contributed by atoms with Crippen molar-refractivity contribution in [3.63, 3.8) is 0 Å². The first-order chi connectivity index (χ1) is 39.5. The Labute approximate surface area is 348 Å². The van der Waals surface area contributed by atoms with Gasteiger partial charge < -0.3 is 9.32 Å². The van der Waals surface area contributed by atoms with Crippen molar-refractivity contribution in [3.05, 3.63) is 199 Å². The maximum Gasteiger partial charge on any atom is 0.143 e. The lowest BCUT2D eigenvalue weighted by Crippen LogP contribution is -2.09. The summed E-state index contributed by atoms with van der Waals surface area (Å²) in [7, 11) is 0. The molecule has 1 heterocycles. The molecule has 0 radical (unpaired) electrons. The Hall–Kier alpha value is -6.90. The number of nitrogens with zero attached hydrogens (tertiary/aromatic N) is 1. The largest absolute Gasteiger partial charge is 0.455 e. The van der Waals surface area contributed by atoms with Crippen LogP contribution in [0.25, 0.3) is 76.9 Å². The molecule has 10 rings (SSSR count). The number of furan rings is 1. The number of fused-ring (bicyclic) bond motifs is 6. The monoisotopic (exact) mass is 696 g/mol. The van der Waals surface area contributed by atoms with E-state index in [1.54, 1.807) is 0 Å². The molecule has 0 saturated heterocycles. The first-order valence-electron chi connectivity index (χ1n) is 31.6. The number of hydrogen-bond donors (Lipinski definition) is 0. The van der Waals surface area contributed by atoms with Crippen molar-refractivity contribution in [3.8, 4) is 33.4 Å². The van der Waals surface area contributed by atoms with Crippen LogP contribution in [-0.2, 0) is 0 Å². The van der Waals surface area contributed by atoms with E-state index in [4.69, 9.17) is 33.2 Å². The molecule has 0 amide bonds. The van der Waals surface area contributed by atoms with Crippen molar-refractivity contribution < 1.29 is 49.7 Å². The van der Waals surface area contributed by atoms with Crippen LogP contribution in [0.4, 0.5) is 17.1 Å².